The second-order valence-electron chi connectivity index (χ2n) is 8.24. The molecule has 0 spiro atoms. The lowest BCUT2D eigenvalue weighted by molar-refractivity contribution is 0.0746. The number of amides is 1. The Morgan fingerprint density at radius 1 is 1.00 bits per heavy atom. The number of hydrogen-bond acceptors (Lipinski definition) is 6. The van der Waals surface area contributed by atoms with E-state index in [9.17, 15) is 14.9 Å². The second kappa shape index (κ2) is 9.57. The van der Waals surface area contributed by atoms with Crippen molar-refractivity contribution in [1.29, 1.82) is 5.26 Å². The molecule has 35 heavy (non-hydrogen) atoms. The number of nitrogens with zero attached hydrogens (tertiary/aromatic N) is 6. The van der Waals surface area contributed by atoms with Crippen molar-refractivity contribution < 1.29 is 4.79 Å². The number of rotatable bonds is 4. The number of pyridine rings is 3. The lowest BCUT2D eigenvalue weighted by atomic mass is 10.1. The Kier molecular flexibility index (Phi) is 6.17. The molecular weight excluding hydrogens is 464 g/mol. The summed E-state index contributed by atoms with van der Waals surface area (Å²) in [5.41, 5.74) is 2.23. The SMILES string of the molecule is N#Cc1c(N2CCN(C(=O)c3ccc(Cl)nc3)CC2)c2cccnc2n(Cc2ccccc2)c1=O. The summed E-state index contributed by atoms with van der Waals surface area (Å²) < 4.78 is 1.56. The van der Waals surface area contributed by atoms with Crippen LogP contribution in [0.3, 0.4) is 0 Å². The van der Waals surface area contributed by atoms with E-state index in [1.165, 1.54) is 6.20 Å². The summed E-state index contributed by atoms with van der Waals surface area (Å²) in [7, 11) is 0. The lowest BCUT2D eigenvalue weighted by Gasteiger charge is -2.37. The van der Waals surface area contributed by atoms with E-state index in [0.717, 1.165) is 10.9 Å². The first kappa shape index (κ1) is 22.6. The molecule has 0 aliphatic carbocycles. The van der Waals surface area contributed by atoms with Crippen molar-refractivity contribution in [3.63, 3.8) is 0 Å². The average Bonchev–Trinajstić information content (AvgIpc) is 2.90. The first-order valence-electron chi connectivity index (χ1n) is 11.2. The van der Waals surface area contributed by atoms with Gasteiger partial charge in [-0.25, -0.2) is 9.97 Å². The van der Waals surface area contributed by atoms with Crippen molar-refractivity contribution in [2.45, 2.75) is 6.54 Å². The van der Waals surface area contributed by atoms with Crippen molar-refractivity contribution in [3.8, 4) is 6.07 Å². The van der Waals surface area contributed by atoms with E-state index in [-0.39, 0.29) is 17.0 Å². The predicted octanol–water partition coefficient (Wildman–Crippen LogP) is 3.33. The van der Waals surface area contributed by atoms with Gasteiger partial charge < -0.3 is 9.80 Å². The van der Waals surface area contributed by atoms with E-state index in [4.69, 9.17) is 11.6 Å². The Bertz CT molecular complexity index is 1490. The fraction of sp³-hybridized carbons (Fsp3) is 0.192. The van der Waals surface area contributed by atoms with Crippen LogP contribution in [0, 0.1) is 11.3 Å². The quantitative estimate of drug-likeness (QED) is 0.412. The zero-order valence-electron chi connectivity index (χ0n) is 18.8. The number of benzene rings is 1. The molecule has 1 aliphatic rings. The summed E-state index contributed by atoms with van der Waals surface area (Å²) in [6.45, 7) is 2.17. The molecule has 8 nitrogen and oxygen atoms in total. The largest absolute Gasteiger partial charge is 0.366 e. The maximum atomic E-state index is 13.5. The molecule has 5 rings (SSSR count). The Balaban J connectivity index is 1.48. The molecule has 1 amide bonds. The molecule has 1 aliphatic heterocycles. The highest BCUT2D eigenvalue weighted by Crippen LogP contribution is 2.29. The van der Waals surface area contributed by atoms with Crippen LogP contribution in [0.1, 0.15) is 21.5 Å². The van der Waals surface area contributed by atoms with Gasteiger partial charge >= 0.3 is 0 Å². The van der Waals surface area contributed by atoms with Crippen LogP contribution < -0.4 is 10.5 Å². The van der Waals surface area contributed by atoms with Gasteiger partial charge in [0.05, 0.1) is 17.8 Å². The van der Waals surface area contributed by atoms with Crippen molar-refractivity contribution in [3.05, 3.63) is 99.2 Å². The normalized spacial score (nSPS) is 13.6. The zero-order valence-corrected chi connectivity index (χ0v) is 19.5. The third kappa shape index (κ3) is 4.34. The van der Waals surface area contributed by atoms with Gasteiger partial charge in [-0.3, -0.25) is 14.2 Å². The minimum Gasteiger partial charge on any atom is -0.366 e. The summed E-state index contributed by atoms with van der Waals surface area (Å²) in [5, 5.41) is 11.1. The first-order chi connectivity index (χ1) is 17.1. The monoisotopic (exact) mass is 484 g/mol. The summed E-state index contributed by atoms with van der Waals surface area (Å²) in [6, 6.07) is 18.7. The number of fused-ring (bicyclic) bond motifs is 1. The van der Waals surface area contributed by atoms with Crippen molar-refractivity contribution >= 4 is 34.2 Å². The molecule has 0 bridgehead atoms. The van der Waals surface area contributed by atoms with Crippen LogP contribution in [0.15, 0.2) is 71.8 Å². The third-order valence-electron chi connectivity index (χ3n) is 6.15. The molecular formula is C26H21ClN6O2. The standard InChI is InChI=1S/C26H21ClN6O2/c27-22-9-8-19(16-30-22)25(34)32-13-11-31(12-14-32)23-20-7-4-10-29-24(20)33(26(35)21(23)15-28)17-18-5-2-1-3-6-18/h1-10,16H,11-14,17H2. The highest BCUT2D eigenvalue weighted by atomic mass is 35.5. The molecule has 1 fully saturated rings. The van der Waals surface area contributed by atoms with E-state index in [1.807, 2.05) is 41.3 Å². The van der Waals surface area contributed by atoms with Gasteiger partial charge in [-0.15, -0.1) is 0 Å². The van der Waals surface area contributed by atoms with E-state index in [0.29, 0.717) is 54.8 Å². The van der Waals surface area contributed by atoms with Crippen molar-refractivity contribution in [2.75, 3.05) is 31.1 Å². The minimum atomic E-state index is -0.372. The third-order valence-corrected chi connectivity index (χ3v) is 6.37. The Labute approximate surface area is 206 Å². The fourth-order valence-electron chi connectivity index (χ4n) is 4.42. The average molecular weight is 485 g/mol. The minimum absolute atomic E-state index is 0.0862. The van der Waals surface area contributed by atoms with Gasteiger partial charge in [0, 0.05) is 44.0 Å². The summed E-state index contributed by atoms with van der Waals surface area (Å²) in [5.74, 6) is -0.126. The number of piperazine rings is 1. The van der Waals surface area contributed by atoms with Crippen molar-refractivity contribution in [1.82, 2.24) is 19.4 Å². The molecule has 0 N–H and O–H groups in total. The molecule has 4 heterocycles. The van der Waals surface area contributed by atoms with Crippen LogP contribution in [0.4, 0.5) is 5.69 Å². The molecule has 3 aromatic heterocycles. The number of carbonyl (C=O) groups excluding carboxylic acids is 1. The van der Waals surface area contributed by atoms with Crippen LogP contribution in [0.25, 0.3) is 11.0 Å². The van der Waals surface area contributed by atoms with Gasteiger partial charge in [0.2, 0.25) is 0 Å². The number of nitriles is 1. The van der Waals surface area contributed by atoms with Gasteiger partial charge in [-0.2, -0.15) is 5.26 Å². The van der Waals surface area contributed by atoms with Crippen LogP contribution in [0.2, 0.25) is 5.15 Å². The maximum Gasteiger partial charge on any atom is 0.272 e. The predicted molar refractivity (Wildman–Crippen MR) is 134 cm³/mol. The highest BCUT2D eigenvalue weighted by molar-refractivity contribution is 6.29. The highest BCUT2D eigenvalue weighted by Gasteiger charge is 2.27. The van der Waals surface area contributed by atoms with Crippen LogP contribution >= 0.6 is 11.6 Å². The lowest BCUT2D eigenvalue weighted by Crippen LogP contribution is -2.49. The maximum absolute atomic E-state index is 13.5. The van der Waals surface area contributed by atoms with Crippen LogP contribution in [-0.2, 0) is 6.54 Å². The molecule has 174 valence electrons. The molecule has 0 saturated carbocycles. The topological polar surface area (TPSA) is 95.1 Å². The van der Waals surface area contributed by atoms with E-state index < -0.39 is 0 Å². The molecule has 1 aromatic carbocycles. The Morgan fingerprint density at radius 2 is 1.77 bits per heavy atom. The Morgan fingerprint density at radius 3 is 2.46 bits per heavy atom. The smallest absolute Gasteiger partial charge is 0.272 e. The molecule has 0 unspecified atom stereocenters. The molecule has 0 atom stereocenters. The van der Waals surface area contributed by atoms with E-state index in [1.54, 1.807) is 33.9 Å². The van der Waals surface area contributed by atoms with E-state index in [2.05, 4.69) is 16.0 Å². The Hall–Kier alpha value is -4.22. The van der Waals surface area contributed by atoms with Gasteiger partial charge in [0.1, 0.15) is 22.4 Å². The fourth-order valence-corrected chi connectivity index (χ4v) is 4.54. The summed E-state index contributed by atoms with van der Waals surface area (Å²) >= 11 is 5.83. The summed E-state index contributed by atoms with van der Waals surface area (Å²) in [6.07, 6.45) is 3.12. The van der Waals surface area contributed by atoms with Gasteiger partial charge in [0.15, 0.2) is 0 Å². The first-order valence-corrected chi connectivity index (χ1v) is 11.6. The number of hydrogen-bond donors (Lipinski definition) is 0. The van der Waals surface area contributed by atoms with Crippen LogP contribution in [-0.4, -0.2) is 51.5 Å². The van der Waals surface area contributed by atoms with Gasteiger partial charge in [0.25, 0.3) is 11.5 Å². The second-order valence-corrected chi connectivity index (χ2v) is 8.62. The van der Waals surface area contributed by atoms with E-state index >= 15 is 0 Å². The number of aromatic nitrogens is 3. The molecule has 0 radical (unpaired) electrons. The summed E-state index contributed by atoms with van der Waals surface area (Å²) in [4.78, 5) is 38.6. The number of halogens is 1. The molecule has 9 heteroatoms. The zero-order chi connectivity index (χ0) is 24.4. The van der Waals surface area contributed by atoms with Gasteiger partial charge in [-0.05, 0) is 29.8 Å². The van der Waals surface area contributed by atoms with Gasteiger partial charge in [-0.1, -0.05) is 41.9 Å². The van der Waals surface area contributed by atoms with Crippen LogP contribution in [0.5, 0.6) is 0 Å². The molecule has 1 saturated heterocycles. The number of carbonyl (C=O) groups is 1. The molecule has 4 aromatic rings. The number of anilines is 1. The van der Waals surface area contributed by atoms with Crippen molar-refractivity contribution in [2.24, 2.45) is 0 Å².